The third-order valence-corrected chi connectivity index (χ3v) is 7.13. The van der Waals surface area contributed by atoms with Crippen LogP contribution in [0, 0.1) is 5.92 Å². The first kappa shape index (κ1) is 22.6. The van der Waals surface area contributed by atoms with Gasteiger partial charge in [-0.05, 0) is 31.6 Å². The monoisotopic (exact) mass is 422 g/mol. The van der Waals surface area contributed by atoms with Crippen molar-refractivity contribution in [1.29, 1.82) is 0 Å². The van der Waals surface area contributed by atoms with Crippen LogP contribution in [0.4, 0.5) is 0 Å². The third kappa shape index (κ3) is 3.33. The minimum atomic E-state index is -1.75. The zero-order valence-electron chi connectivity index (χ0n) is 16.3. The number of carbonyl (C=O) groups excluding carboxylic acids is 3. The van der Waals surface area contributed by atoms with Gasteiger partial charge in [0.1, 0.15) is 6.10 Å². The summed E-state index contributed by atoms with van der Waals surface area (Å²) in [7, 11) is 2.64. The number of esters is 1. The normalized spacial score (nSPS) is 32.7. The minimum Gasteiger partial charge on any atom is -0.463 e. The first-order valence-corrected chi connectivity index (χ1v) is 10.1. The maximum atomic E-state index is 12.7. The molecule has 0 radical (unpaired) electrons. The highest BCUT2D eigenvalue weighted by Gasteiger charge is 2.86. The molecule has 0 aromatic rings. The fourth-order valence-corrected chi connectivity index (χ4v) is 5.81. The molecule has 0 aromatic carbocycles. The van der Waals surface area contributed by atoms with E-state index in [0.717, 1.165) is 25.7 Å². The molecule has 2 rings (SSSR count). The zero-order valence-corrected chi connectivity index (χ0v) is 17.8. The summed E-state index contributed by atoms with van der Waals surface area (Å²) in [4.78, 5) is 33.3. The molecule has 154 valence electrons. The number of alkyl halides is 2. The van der Waals surface area contributed by atoms with Crippen molar-refractivity contribution in [2.75, 3.05) is 14.2 Å². The summed E-state index contributed by atoms with van der Waals surface area (Å²) in [5.41, 5.74) is 0. The van der Waals surface area contributed by atoms with E-state index in [1.54, 1.807) is 0 Å². The Morgan fingerprint density at radius 1 is 1.15 bits per heavy atom. The van der Waals surface area contributed by atoms with Gasteiger partial charge in [0.25, 0.3) is 0 Å². The number of Topliss-reactive ketones (excluding diaryl/α,β-unsaturated/α-hetero) is 2. The highest BCUT2D eigenvalue weighted by molar-refractivity contribution is 6.65. The van der Waals surface area contributed by atoms with Crippen molar-refractivity contribution in [2.24, 2.45) is 5.92 Å². The van der Waals surface area contributed by atoms with Crippen molar-refractivity contribution in [3.8, 4) is 0 Å². The summed E-state index contributed by atoms with van der Waals surface area (Å²) in [6, 6.07) is 0. The van der Waals surface area contributed by atoms with Gasteiger partial charge in [-0.15, -0.1) is 23.2 Å². The van der Waals surface area contributed by atoms with E-state index in [0.29, 0.717) is 12.8 Å². The Morgan fingerprint density at radius 2 is 1.78 bits per heavy atom. The average molecular weight is 423 g/mol. The average Bonchev–Trinajstić information content (AvgIpc) is 2.88. The highest BCUT2D eigenvalue weighted by atomic mass is 35.5. The molecule has 2 fully saturated rings. The number of rotatable bonds is 10. The van der Waals surface area contributed by atoms with Crippen LogP contribution in [-0.2, 0) is 28.6 Å². The Kier molecular flexibility index (Phi) is 6.99. The molecule has 1 unspecified atom stereocenters. The summed E-state index contributed by atoms with van der Waals surface area (Å²) >= 11 is 13.3. The van der Waals surface area contributed by atoms with Crippen molar-refractivity contribution in [3.63, 3.8) is 0 Å². The number of ketones is 2. The molecule has 0 aliphatic heterocycles. The molecule has 0 amide bonds. The predicted molar refractivity (Wildman–Crippen MR) is 101 cm³/mol. The minimum absolute atomic E-state index is 0.122. The molecule has 0 heterocycles. The summed E-state index contributed by atoms with van der Waals surface area (Å²) in [5, 5.41) is 0. The maximum Gasteiger partial charge on any atom is 0.302 e. The van der Waals surface area contributed by atoms with Crippen molar-refractivity contribution in [3.05, 3.63) is 0 Å². The number of halogens is 2. The van der Waals surface area contributed by atoms with Gasteiger partial charge in [0.2, 0.25) is 17.4 Å². The Morgan fingerprint density at radius 3 is 2.26 bits per heavy atom. The van der Waals surface area contributed by atoms with Crippen LogP contribution in [0.2, 0.25) is 0 Å². The van der Waals surface area contributed by atoms with E-state index < -0.39 is 45.1 Å². The number of unbranched alkanes of at least 4 members (excludes halogenated alkanes) is 3. The number of fused-ring (bicyclic) bond motifs is 2. The molecule has 0 aromatic heterocycles. The van der Waals surface area contributed by atoms with Crippen LogP contribution >= 0.6 is 23.2 Å². The zero-order chi connectivity index (χ0) is 20.5. The summed E-state index contributed by atoms with van der Waals surface area (Å²) in [6.45, 7) is 3.47. The lowest BCUT2D eigenvalue weighted by Crippen LogP contribution is -2.57. The predicted octanol–water partition coefficient (Wildman–Crippen LogP) is 3.39. The lowest BCUT2D eigenvalue weighted by atomic mass is 9.81. The Bertz CT molecular complexity index is 605. The largest absolute Gasteiger partial charge is 0.463 e. The second kappa shape index (κ2) is 8.36. The van der Waals surface area contributed by atoms with Gasteiger partial charge in [-0.25, -0.2) is 0 Å². The van der Waals surface area contributed by atoms with E-state index in [1.807, 2.05) is 0 Å². The smallest absolute Gasteiger partial charge is 0.302 e. The van der Waals surface area contributed by atoms with Gasteiger partial charge >= 0.3 is 5.97 Å². The summed E-state index contributed by atoms with van der Waals surface area (Å²) in [5.74, 6) is -4.24. The number of hydrogen-bond donors (Lipinski definition) is 0. The molecule has 2 aliphatic rings. The topological polar surface area (TPSA) is 78.9 Å². The molecule has 0 N–H and O–H groups in total. The van der Waals surface area contributed by atoms with Crippen molar-refractivity contribution >= 4 is 40.7 Å². The third-order valence-electron chi connectivity index (χ3n) is 5.82. The standard InChI is InChI=1S/C19H28Cl2O6/c1-5-6-7-8-9-14(27-12(2)22)10-13-11-17(20)15(23)16(24)18(13,21)19(17,25-3)26-4/h13-14H,5-11H2,1-4H3/t13-,14?,17+,18-/m0/s1. The van der Waals surface area contributed by atoms with Gasteiger partial charge in [-0.3, -0.25) is 14.4 Å². The number of methoxy groups -OCH3 is 2. The molecule has 0 saturated heterocycles. The van der Waals surface area contributed by atoms with E-state index in [2.05, 4.69) is 6.92 Å². The Hall–Kier alpha value is -0.690. The quantitative estimate of drug-likeness (QED) is 0.176. The van der Waals surface area contributed by atoms with E-state index in [4.69, 9.17) is 37.4 Å². The maximum absolute atomic E-state index is 12.7. The Labute approximate surface area is 170 Å². The summed E-state index contributed by atoms with van der Waals surface area (Å²) in [6.07, 6.45) is 4.81. The second-order valence-corrected chi connectivity index (χ2v) is 8.65. The van der Waals surface area contributed by atoms with Crippen LogP contribution in [0.3, 0.4) is 0 Å². The number of hydrogen-bond acceptors (Lipinski definition) is 6. The van der Waals surface area contributed by atoms with E-state index in [9.17, 15) is 14.4 Å². The van der Waals surface area contributed by atoms with Gasteiger partial charge in [0.05, 0.1) is 0 Å². The van der Waals surface area contributed by atoms with Crippen LogP contribution in [0.25, 0.3) is 0 Å². The molecule has 2 aliphatic carbocycles. The lowest BCUT2D eigenvalue weighted by Gasteiger charge is -2.38. The molecule has 8 heteroatoms. The first-order chi connectivity index (χ1) is 12.6. The SMILES string of the molecule is CCCCCCC(C[C@H]1C[C@@]2(Cl)C(=O)C(=O)[C@]1(Cl)C2(OC)OC)OC(C)=O. The van der Waals surface area contributed by atoms with Crippen LogP contribution in [0.5, 0.6) is 0 Å². The van der Waals surface area contributed by atoms with Crippen LogP contribution < -0.4 is 0 Å². The van der Waals surface area contributed by atoms with Crippen LogP contribution in [-0.4, -0.2) is 53.4 Å². The second-order valence-electron chi connectivity index (χ2n) is 7.41. The Balaban J connectivity index is 2.26. The van der Waals surface area contributed by atoms with Crippen LogP contribution in [0.15, 0.2) is 0 Å². The molecular weight excluding hydrogens is 395 g/mol. The molecule has 2 saturated carbocycles. The van der Waals surface area contributed by atoms with E-state index in [1.165, 1.54) is 21.1 Å². The fourth-order valence-electron chi connectivity index (χ4n) is 4.62. The van der Waals surface area contributed by atoms with Crippen molar-refractivity contribution in [1.82, 2.24) is 0 Å². The molecule has 4 atom stereocenters. The molecule has 6 nitrogen and oxygen atoms in total. The van der Waals surface area contributed by atoms with Gasteiger partial charge in [0.15, 0.2) is 9.75 Å². The van der Waals surface area contributed by atoms with Gasteiger partial charge in [-0.1, -0.05) is 26.2 Å². The van der Waals surface area contributed by atoms with Crippen LogP contribution in [0.1, 0.15) is 58.8 Å². The summed E-state index contributed by atoms with van der Waals surface area (Å²) < 4.78 is 16.4. The van der Waals surface area contributed by atoms with E-state index >= 15 is 0 Å². The first-order valence-electron chi connectivity index (χ1n) is 9.39. The molecular formula is C19H28Cl2O6. The highest BCUT2D eigenvalue weighted by Crippen LogP contribution is 2.65. The number of carbonyl (C=O) groups is 3. The molecule has 2 bridgehead atoms. The number of ether oxygens (including phenoxy) is 3. The van der Waals surface area contributed by atoms with Crippen molar-refractivity contribution in [2.45, 2.75) is 80.4 Å². The van der Waals surface area contributed by atoms with Gasteiger partial charge in [0, 0.05) is 21.1 Å². The van der Waals surface area contributed by atoms with E-state index in [-0.39, 0.29) is 6.42 Å². The van der Waals surface area contributed by atoms with Gasteiger partial charge in [-0.2, -0.15) is 0 Å². The van der Waals surface area contributed by atoms with Gasteiger partial charge < -0.3 is 14.2 Å². The fraction of sp³-hybridized carbons (Fsp3) is 0.842. The lowest BCUT2D eigenvalue weighted by molar-refractivity contribution is -0.220. The molecule has 27 heavy (non-hydrogen) atoms. The van der Waals surface area contributed by atoms with Crippen molar-refractivity contribution < 1.29 is 28.6 Å². The molecule has 0 spiro atoms.